The topological polar surface area (TPSA) is 22.6 Å². The Morgan fingerprint density at radius 2 is 2.00 bits per heavy atom. The second-order valence-electron chi connectivity index (χ2n) is 5.50. The molecule has 108 valence electrons. The van der Waals surface area contributed by atoms with Gasteiger partial charge in [0.2, 0.25) is 0 Å². The third-order valence-corrected chi connectivity index (χ3v) is 4.49. The van der Waals surface area contributed by atoms with Gasteiger partial charge in [-0.25, -0.2) is 4.98 Å². The quantitative estimate of drug-likeness (QED) is 0.793. The summed E-state index contributed by atoms with van der Waals surface area (Å²) in [5.74, 6) is 0. The van der Waals surface area contributed by atoms with E-state index >= 15 is 0 Å². The van der Waals surface area contributed by atoms with E-state index in [2.05, 4.69) is 41.1 Å². The van der Waals surface area contributed by atoms with Crippen molar-refractivity contribution in [2.75, 3.05) is 58.3 Å². The lowest BCUT2D eigenvalue weighted by Crippen LogP contribution is -2.46. The van der Waals surface area contributed by atoms with Crippen molar-refractivity contribution in [1.29, 1.82) is 0 Å². The molecule has 1 aromatic heterocycles. The third-order valence-electron chi connectivity index (χ3n) is 3.54. The van der Waals surface area contributed by atoms with Crippen molar-refractivity contribution in [2.45, 2.75) is 19.8 Å². The van der Waals surface area contributed by atoms with E-state index in [9.17, 15) is 0 Å². The van der Waals surface area contributed by atoms with Crippen LogP contribution in [0.15, 0.2) is 5.38 Å². The number of rotatable bonds is 6. The zero-order valence-corrected chi connectivity index (χ0v) is 13.2. The lowest BCUT2D eigenvalue weighted by atomic mass is 10.3. The van der Waals surface area contributed by atoms with Gasteiger partial charge in [0.05, 0.1) is 5.69 Å². The van der Waals surface area contributed by atoms with Crippen LogP contribution < -0.4 is 4.90 Å². The number of anilines is 1. The van der Waals surface area contributed by atoms with Crippen molar-refractivity contribution in [3.8, 4) is 0 Å². The molecule has 1 saturated heterocycles. The summed E-state index contributed by atoms with van der Waals surface area (Å²) in [5, 5.41) is 3.43. The summed E-state index contributed by atoms with van der Waals surface area (Å²) >= 11 is 1.80. The van der Waals surface area contributed by atoms with Gasteiger partial charge in [-0.3, -0.25) is 4.90 Å². The van der Waals surface area contributed by atoms with Crippen LogP contribution in [-0.4, -0.2) is 68.1 Å². The molecule has 0 bridgehead atoms. The highest BCUT2D eigenvalue weighted by Crippen LogP contribution is 2.22. The van der Waals surface area contributed by atoms with Crippen molar-refractivity contribution in [3.05, 3.63) is 11.1 Å². The van der Waals surface area contributed by atoms with E-state index in [1.807, 2.05) is 0 Å². The predicted octanol–water partition coefficient (Wildman–Crippen LogP) is 1.78. The first-order chi connectivity index (χ1) is 9.19. The van der Waals surface area contributed by atoms with E-state index in [0.29, 0.717) is 0 Å². The fourth-order valence-electron chi connectivity index (χ4n) is 2.37. The molecular formula is C14H26N4S. The Bertz CT molecular complexity index is 369. The molecule has 1 aliphatic heterocycles. The summed E-state index contributed by atoms with van der Waals surface area (Å²) in [5.41, 5.74) is 1.24. The van der Waals surface area contributed by atoms with Crippen LogP contribution in [-0.2, 0) is 6.42 Å². The average molecular weight is 282 g/mol. The average Bonchev–Trinajstić information content (AvgIpc) is 2.86. The van der Waals surface area contributed by atoms with Crippen molar-refractivity contribution in [2.24, 2.45) is 0 Å². The molecule has 1 fully saturated rings. The first-order valence-corrected chi connectivity index (χ1v) is 8.13. The fraction of sp³-hybridized carbons (Fsp3) is 0.786. The Labute approximate surface area is 121 Å². The number of nitrogens with zero attached hydrogens (tertiary/aromatic N) is 4. The molecule has 1 aliphatic rings. The van der Waals surface area contributed by atoms with Gasteiger partial charge in [0.15, 0.2) is 5.13 Å². The molecule has 2 heterocycles. The van der Waals surface area contributed by atoms with Crippen LogP contribution in [0.4, 0.5) is 5.13 Å². The normalized spacial score (nSPS) is 17.4. The third kappa shape index (κ3) is 4.44. The van der Waals surface area contributed by atoms with Crippen molar-refractivity contribution in [3.63, 3.8) is 0 Å². The molecule has 0 saturated carbocycles. The van der Waals surface area contributed by atoms with Gasteiger partial charge in [0.1, 0.15) is 0 Å². The largest absolute Gasteiger partial charge is 0.346 e. The minimum Gasteiger partial charge on any atom is -0.346 e. The van der Waals surface area contributed by atoms with Crippen LogP contribution in [0.1, 0.15) is 19.0 Å². The van der Waals surface area contributed by atoms with E-state index in [0.717, 1.165) is 26.1 Å². The Morgan fingerprint density at radius 3 is 2.63 bits per heavy atom. The summed E-state index contributed by atoms with van der Waals surface area (Å²) in [4.78, 5) is 12.0. The molecule has 0 aromatic carbocycles. The number of aromatic nitrogens is 1. The molecule has 0 atom stereocenters. The van der Waals surface area contributed by atoms with Gasteiger partial charge >= 0.3 is 0 Å². The lowest BCUT2D eigenvalue weighted by molar-refractivity contribution is 0.258. The van der Waals surface area contributed by atoms with Gasteiger partial charge in [-0.1, -0.05) is 6.92 Å². The Hall–Kier alpha value is -0.650. The van der Waals surface area contributed by atoms with E-state index in [1.165, 1.54) is 36.9 Å². The van der Waals surface area contributed by atoms with Gasteiger partial charge in [0, 0.05) is 44.5 Å². The van der Waals surface area contributed by atoms with Crippen LogP contribution in [0, 0.1) is 0 Å². The van der Waals surface area contributed by atoms with Crippen LogP contribution in [0.5, 0.6) is 0 Å². The van der Waals surface area contributed by atoms with Crippen molar-refractivity contribution >= 4 is 16.5 Å². The molecule has 1 aromatic rings. The van der Waals surface area contributed by atoms with E-state index < -0.39 is 0 Å². The fourth-order valence-corrected chi connectivity index (χ4v) is 3.29. The Balaban J connectivity index is 1.82. The highest BCUT2D eigenvalue weighted by molar-refractivity contribution is 7.13. The van der Waals surface area contributed by atoms with Gasteiger partial charge in [-0.2, -0.15) is 0 Å². The molecule has 4 nitrogen and oxygen atoms in total. The summed E-state index contributed by atoms with van der Waals surface area (Å²) in [6, 6.07) is 0. The zero-order chi connectivity index (χ0) is 13.7. The van der Waals surface area contributed by atoms with Crippen LogP contribution in [0.3, 0.4) is 0 Å². The number of likely N-dealkylation sites (N-methyl/N-ethyl adjacent to an activating group) is 1. The molecule has 0 spiro atoms. The molecule has 19 heavy (non-hydrogen) atoms. The zero-order valence-electron chi connectivity index (χ0n) is 12.4. The van der Waals surface area contributed by atoms with E-state index in [1.54, 1.807) is 11.3 Å². The smallest absolute Gasteiger partial charge is 0.185 e. The van der Waals surface area contributed by atoms with Gasteiger partial charge in [0.25, 0.3) is 0 Å². The minimum atomic E-state index is 1.05. The van der Waals surface area contributed by atoms with Crippen LogP contribution >= 0.6 is 11.3 Å². The number of hydrogen-bond donors (Lipinski definition) is 0. The SMILES string of the molecule is CCCN1CCN(c2nc(CCN(C)C)cs2)CC1. The van der Waals surface area contributed by atoms with Crippen molar-refractivity contribution in [1.82, 2.24) is 14.8 Å². The summed E-state index contributed by atoms with van der Waals surface area (Å²) in [7, 11) is 4.22. The predicted molar refractivity (Wildman–Crippen MR) is 83.3 cm³/mol. The number of thiazole rings is 1. The molecule has 5 heteroatoms. The first kappa shape index (κ1) is 14.8. The highest BCUT2D eigenvalue weighted by Gasteiger charge is 2.18. The molecule has 0 unspecified atom stereocenters. The summed E-state index contributed by atoms with van der Waals surface area (Å²) in [6.07, 6.45) is 2.31. The first-order valence-electron chi connectivity index (χ1n) is 7.25. The number of piperazine rings is 1. The second-order valence-corrected chi connectivity index (χ2v) is 6.34. The van der Waals surface area contributed by atoms with Gasteiger partial charge in [-0.15, -0.1) is 11.3 Å². The maximum atomic E-state index is 4.78. The van der Waals surface area contributed by atoms with Crippen LogP contribution in [0.2, 0.25) is 0 Å². The molecule has 0 N–H and O–H groups in total. The van der Waals surface area contributed by atoms with Crippen LogP contribution in [0.25, 0.3) is 0 Å². The monoisotopic (exact) mass is 282 g/mol. The standard InChI is InChI=1S/C14H26N4S/c1-4-6-17-8-10-18(11-9-17)14-15-13(12-19-14)5-7-16(2)3/h12H,4-11H2,1-3H3. The molecule has 0 amide bonds. The molecule has 2 rings (SSSR count). The van der Waals surface area contributed by atoms with Gasteiger partial charge in [-0.05, 0) is 27.1 Å². The maximum absolute atomic E-state index is 4.78. The second kappa shape index (κ2) is 7.22. The lowest BCUT2D eigenvalue weighted by Gasteiger charge is -2.34. The molecular weight excluding hydrogens is 256 g/mol. The maximum Gasteiger partial charge on any atom is 0.185 e. The number of hydrogen-bond acceptors (Lipinski definition) is 5. The van der Waals surface area contributed by atoms with Crippen molar-refractivity contribution < 1.29 is 0 Å². The van der Waals surface area contributed by atoms with Gasteiger partial charge < -0.3 is 9.80 Å². The highest BCUT2D eigenvalue weighted by atomic mass is 32.1. The summed E-state index contributed by atoms with van der Waals surface area (Å²) < 4.78 is 0. The Kier molecular flexibility index (Phi) is 5.60. The molecule has 0 aliphatic carbocycles. The summed E-state index contributed by atoms with van der Waals surface area (Å²) in [6.45, 7) is 9.18. The Morgan fingerprint density at radius 1 is 1.26 bits per heavy atom. The minimum absolute atomic E-state index is 1.05. The van der Waals surface area contributed by atoms with E-state index in [4.69, 9.17) is 4.98 Å². The van der Waals surface area contributed by atoms with E-state index in [-0.39, 0.29) is 0 Å². The molecule has 0 radical (unpaired) electrons.